The Labute approximate surface area is 203 Å². The summed E-state index contributed by atoms with van der Waals surface area (Å²) < 4.78 is 11.0. The van der Waals surface area contributed by atoms with E-state index in [1.54, 1.807) is 25.1 Å². The van der Waals surface area contributed by atoms with Crippen LogP contribution in [0.15, 0.2) is 33.9 Å². The van der Waals surface area contributed by atoms with E-state index in [1.807, 2.05) is 0 Å². The van der Waals surface area contributed by atoms with Gasteiger partial charge in [0, 0.05) is 29.5 Å². The van der Waals surface area contributed by atoms with Crippen LogP contribution in [0.4, 0.5) is 0 Å². The molecule has 34 heavy (non-hydrogen) atoms. The molecule has 2 N–H and O–H groups in total. The molecule has 5 rings (SSSR count). The minimum Gasteiger partial charge on any atom is -0.493 e. The first-order valence-corrected chi connectivity index (χ1v) is 11.6. The van der Waals surface area contributed by atoms with Crippen LogP contribution in [-0.2, 0) is 0 Å². The third-order valence-corrected chi connectivity index (χ3v) is 6.02. The van der Waals surface area contributed by atoms with Crippen LogP contribution in [0.25, 0.3) is 22.7 Å². The van der Waals surface area contributed by atoms with Gasteiger partial charge >= 0.3 is 0 Å². The summed E-state index contributed by atoms with van der Waals surface area (Å²) in [6, 6.07) is 5.08. The SMILES string of the molecule is COc1cnc(Cl)nc1-c1cc(-c2nnc(C)o2)ccc1C(=O)NC1=NNC(C#CC2CC2)S1. The van der Waals surface area contributed by atoms with Gasteiger partial charge in [-0.25, -0.2) is 9.97 Å². The smallest absolute Gasteiger partial charge is 0.257 e. The van der Waals surface area contributed by atoms with Crippen molar-refractivity contribution < 1.29 is 13.9 Å². The molecular formula is C22H18ClN7O3S. The number of hydrogen-bond acceptors (Lipinski definition) is 10. The van der Waals surface area contributed by atoms with Crippen LogP contribution in [0.5, 0.6) is 5.75 Å². The summed E-state index contributed by atoms with van der Waals surface area (Å²) in [5.74, 6) is 7.51. The van der Waals surface area contributed by atoms with Crippen molar-refractivity contribution in [2.45, 2.75) is 25.1 Å². The second-order valence-corrected chi connectivity index (χ2v) is 8.94. The molecule has 3 heterocycles. The maximum Gasteiger partial charge on any atom is 0.257 e. The lowest BCUT2D eigenvalue weighted by atomic mass is 9.99. The predicted molar refractivity (Wildman–Crippen MR) is 127 cm³/mol. The molecule has 2 aliphatic rings. The number of carbonyl (C=O) groups is 1. The molecule has 0 bridgehead atoms. The molecule has 0 saturated heterocycles. The van der Waals surface area contributed by atoms with Gasteiger partial charge < -0.3 is 9.15 Å². The molecule has 0 spiro atoms. The Morgan fingerprint density at radius 2 is 2.18 bits per heavy atom. The molecule has 1 atom stereocenters. The molecule has 1 fully saturated rings. The van der Waals surface area contributed by atoms with Crippen LogP contribution in [0, 0.1) is 24.7 Å². The number of aromatic nitrogens is 4. The predicted octanol–water partition coefficient (Wildman–Crippen LogP) is 3.24. The van der Waals surface area contributed by atoms with E-state index < -0.39 is 0 Å². The molecule has 1 unspecified atom stereocenters. The van der Waals surface area contributed by atoms with Crippen molar-refractivity contribution in [2.75, 3.05) is 7.11 Å². The van der Waals surface area contributed by atoms with E-state index in [2.05, 4.69) is 47.9 Å². The number of hydrogen-bond donors (Lipinski definition) is 2. The Hall–Kier alpha value is -3.62. The van der Waals surface area contributed by atoms with Crippen molar-refractivity contribution in [1.29, 1.82) is 0 Å². The maximum absolute atomic E-state index is 13.3. The molecule has 0 radical (unpaired) electrons. The summed E-state index contributed by atoms with van der Waals surface area (Å²) in [6.45, 7) is 1.70. The number of ether oxygens (including phenoxy) is 1. The van der Waals surface area contributed by atoms with Crippen LogP contribution < -0.4 is 15.5 Å². The van der Waals surface area contributed by atoms with Crippen LogP contribution in [0.1, 0.15) is 29.1 Å². The fourth-order valence-corrected chi connectivity index (χ4v) is 4.01. The quantitative estimate of drug-likeness (QED) is 0.414. The fraction of sp³-hybridized carbons (Fsp3) is 0.273. The molecule has 1 aliphatic heterocycles. The van der Waals surface area contributed by atoms with E-state index in [9.17, 15) is 4.79 Å². The van der Waals surface area contributed by atoms with Gasteiger partial charge in [0.2, 0.25) is 17.1 Å². The summed E-state index contributed by atoms with van der Waals surface area (Å²) in [5.41, 5.74) is 4.65. The second-order valence-electron chi connectivity index (χ2n) is 7.50. The molecule has 3 aromatic rings. The topological polar surface area (TPSA) is 127 Å². The van der Waals surface area contributed by atoms with Crippen LogP contribution in [0.3, 0.4) is 0 Å². The minimum atomic E-state index is -0.385. The first-order chi connectivity index (χ1) is 16.5. The van der Waals surface area contributed by atoms with Gasteiger partial charge in [0.15, 0.2) is 16.3 Å². The Balaban J connectivity index is 1.47. The third-order valence-electron chi connectivity index (χ3n) is 4.97. The number of thioether (sulfide) groups is 1. The van der Waals surface area contributed by atoms with Crippen LogP contribution in [0.2, 0.25) is 5.28 Å². The Bertz CT molecular complexity index is 1360. The van der Waals surface area contributed by atoms with Gasteiger partial charge in [-0.15, -0.1) is 10.2 Å². The number of aryl methyl sites for hydroxylation is 1. The van der Waals surface area contributed by atoms with Crippen molar-refractivity contribution >= 4 is 34.4 Å². The summed E-state index contributed by atoms with van der Waals surface area (Å²) in [4.78, 5) is 21.5. The van der Waals surface area contributed by atoms with Crippen molar-refractivity contribution in [2.24, 2.45) is 11.0 Å². The molecule has 12 heteroatoms. The van der Waals surface area contributed by atoms with E-state index in [1.165, 1.54) is 25.1 Å². The molecule has 172 valence electrons. The van der Waals surface area contributed by atoms with E-state index >= 15 is 0 Å². The lowest BCUT2D eigenvalue weighted by Gasteiger charge is -2.13. The lowest BCUT2D eigenvalue weighted by molar-refractivity contribution is 0.0978. The van der Waals surface area contributed by atoms with Gasteiger partial charge in [-0.2, -0.15) is 5.10 Å². The highest BCUT2D eigenvalue weighted by Gasteiger charge is 2.25. The molecule has 1 saturated carbocycles. The molecule has 1 aromatic carbocycles. The highest BCUT2D eigenvalue weighted by Crippen LogP contribution is 2.34. The molecule has 2 aromatic heterocycles. The van der Waals surface area contributed by atoms with Crippen molar-refractivity contribution in [3.63, 3.8) is 0 Å². The number of carbonyl (C=O) groups excluding carboxylic acids is 1. The van der Waals surface area contributed by atoms with Gasteiger partial charge in [-0.3, -0.25) is 15.5 Å². The Kier molecular flexibility index (Phi) is 6.08. The van der Waals surface area contributed by atoms with E-state index in [4.69, 9.17) is 20.8 Å². The largest absolute Gasteiger partial charge is 0.493 e. The molecule has 10 nitrogen and oxygen atoms in total. The Morgan fingerprint density at radius 3 is 2.91 bits per heavy atom. The monoisotopic (exact) mass is 495 g/mol. The number of nitrogens with zero attached hydrogens (tertiary/aromatic N) is 5. The van der Waals surface area contributed by atoms with Crippen molar-refractivity contribution in [3.8, 4) is 40.3 Å². The van der Waals surface area contributed by atoms with Crippen LogP contribution in [-0.4, -0.2) is 43.7 Å². The summed E-state index contributed by atoms with van der Waals surface area (Å²) in [5, 5.41) is 15.2. The van der Waals surface area contributed by atoms with Gasteiger partial charge in [-0.05, 0) is 54.4 Å². The van der Waals surface area contributed by atoms with Gasteiger partial charge in [0.25, 0.3) is 5.91 Å². The molecule has 1 aliphatic carbocycles. The molecular weight excluding hydrogens is 478 g/mol. The highest BCUT2D eigenvalue weighted by molar-refractivity contribution is 8.14. The molecule has 1 amide bonds. The third kappa shape index (κ3) is 4.83. The normalized spacial score (nSPS) is 16.8. The minimum absolute atomic E-state index is 0.0122. The number of rotatable bonds is 4. The first-order valence-electron chi connectivity index (χ1n) is 10.3. The maximum atomic E-state index is 13.3. The number of nitrogens with one attached hydrogen (secondary N) is 2. The fourth-order valence-electron chi connectivity index (χ4n) is 3.16. The van der Waals surface area contributed by atoms with E-state index in [-0.39, 0.29) is 16.6 Å². The summed E-state index contributed by atoms with van der Waals surface area (Å²) in [6.07, 6.45) is 3.74. The van der Waals surface area contributed by atoms with Crippen molar-refractivity contribution in [1.82, 2.24) is 30.9 Å². The first kappa shape index (κ1) is 22.2. The Morgan fingerprint density at radius 1 is 1.32 bits per heavy atom. The second kappa shape index (κ2) is 9.32. The highest BCUT2D eigenvalue weighted by atomic mass is 35.5. The zero-order chi connectivity index (χ0) is 23.7. The van der Waals surface area contributed by atoms with Crippen LogP contribution >= 0.6 is 23.4 Å². The zero-order valence-electron chi connectivity index (χ0n) is 18.1. The van der Waals surface area contributed by atoms with E-state index in [0.29, 0.717) is 51.0 Å². The standard InChI is InChI=1S/C22H18ClN7O3S/c1-11-27-29-20(33-11)13-6-7-14(15(9-13)18-16(32-2)10-24-21(23)25-18)19(31)26-22-30-28-17(34-22)8-5-12-3-4-12/h6-7,9-10,12,17,28H,3-4H2,1-2H3,(H,26,30,31). The summed E-state index contributed by atoms with van der Waals surface area (Å²) >= 11 is 7.41. The van der Waals surface area contributed by atoms with Crippen molar-refractivity contribution in [3.05, 3.63) is 41.1 Å². The number of methoxy groups -OCH3 is 1. The average molecular weight is 496 g/mol. The number of halogens is 1. The van der Waals surface area contributed by atoms with Gasteiger partial charge in [0.05, 0.1) is 13.3 Å². The number of amidine groups is 1. The van der Waals surface area contributed by atoms with E-state index in [0.717, 1.165) is 12.8 Å². The zero-order valence-corrected chi connectivity index (χ0v) is 19.7. The number of amides is 1. The average Bonchev–Trinajstić information content (AvgIpc) is 3.40. The van der Waals surface area contributed by atoms with Gasteiger partial charge in [-0.1, -0.05) is 11.8 Å². The lowest BCUT2D eigenvalue weighted by Crippen LogP contribution is -2.28. The number of benzene rings is 1. The summed E-state index contributed by atoms with van der Waals surface area (Å²) in [7, 11) is 1.49. The van der Waals surface area contributed by atoms with Gasteiger partial charge in [0.1, 0.15) is 5.69 Å². The number of hydrazone groups is 1.